The van der Waals surface area contributed by atoms with Crippen LogP contribution in [0.4, 0.5) is 0 Å². The van der Waals surface area contributed by atoms with Gasteiger partial charge in [0.05, 0.1) is 12.1 Å². The smallest absolute Gasteiger partial charge is 0.122 e. The third kappa shape index (κ3) is 2.70. The fourth-order valence-corrected chi connectivity index (χ4v) is 2.44. The molecule has 0 radical (unpaired) electrons. The highest BCUT2D eigenvalue weighted by molar-refractivity contribution is 5.12. The van der Waals surface area contributed by atoms with Crippen LogP contribution < -0.4 is 5.73 Å². The second kappa shape index (κ2) is 5.67. The van der Waals surface area contributed by atoms with Gasteiger partial charge < -0.3 is 14.9 Å². The minimum Gasteiger partial charge on any atom is -0.464 e. The summed E-state index contributed by atoms with van der Waals surface area (Å²) in [5.41, 5.74) is 5.88. The van der Waals surface area contributed by atoms with Crippen molar-refractivity contribution in [2.75, 3.05) is 26.7 Å². The molecule has 4 heteroatoms. The van der Waals surface area contributed by atoms with Crippen LogP contribution in [0.2, 0.25) is 0 Å². The van der Waals surface area contributed by atoms with Crippen molar-refractivity contribution in [1.82, 2.24) is 4.90 Å². The van der Waals surface area contributed by atoms with E-state index in [1.54, 1.807) is 7.11 Å². The first kappa shape index (κ1) is 12.6. The molecule has 1 fully saturated rings. The summed E-state index contributed by atoms with van der Waals surface area (Å²) >= 11 is 0. The maximum atomic E-state index is 5.88. The number of methoxy groups -OCH3 is 1. The maximum absolute atomic E-state index is 5.88. The molecule has 0 aromatic carbocycles. The van der Waals surface area contributed by atoms with E-state index < -0.39 is 0 Å². The SMILES string of the molecule is CCc1ccc(C(CN)N2CCC(OC)C2)o1. The minimum atomic E-state index is 0.190. The second-order valence-electron chi connectivity index (χ2n) is 4.55. The number of hydrogen-bond donors (Lipinski definition) is 1. The highest BCUT2D eigenvalue weighted by Crippen LogP contribution is 2.26. The van der Waals surface area contributed by atoms with Gasteiger partial charge in [-0.1, -0.05) is 6.92 Å². The number of rotatable bonds is 5. The topological polar surface area (TPSA) is 51.6 Å². The fourth-order valence-electron chi connectivity index (χ4n) is 2.44. The van der Waals surface area contributed by atoms with Crippen molar-refractivity contribution in [2.45, 2.75) is 31.9 Å². The first-order chi connectivity index (χ1) is 8.28. The van der Waals surface area contributed by atoms with Crippen LogP contribution in [0.15, 0.2) is 16.5 Å². The van der Waals surface area contributed by atoms with Crippen LogP contribution in [0.25, 0.3) is 0 Å². The van der Waals surface area contributed by atoms with E-state index in [-0.39, 0.29) is 6.04 Å². The van der Waals surface area contributed by atoms with E-state index in [2.05, 4.69) is 17.9 Å². The van der Waals surface area contributed by atoms with E-state index in [9.17, 15) is 0 Å². The summed E-state index contributed by atoms with van der Waals surface area (Å²) in [6.07, 6.45) is 2.34. The Hall–Kier alpha value is -0.840. The van der Waals surface area contributed by atoms with Crippen LogP contribution in [0.5, 0.6) is 0 Å². The molecule has 0 saturated carbocycles. The lowest BCUT2D eigenvalue weighted by atomic mass is 10.2. The lowest BCUT2D eigenvalue weighted by Gasteiger charge is -2.24. The van der Waals surface area contributed by atoms with Crippen LogP contribution in [0.3, 0.4) is 0 Å². The molecule has 4 nitrogen and oxygen atoms in total. The summed E-state index contributed by atoms with van der Waals surface area (Å²) in [6.45, 7) is 4.66. The molecule has 1 aromatic rings. The van der Waals surface area contributed by atoms with Gasteiger partial charge in [-0.05, 0) is 18.6 Å². The molecule has 0 aliphatic carbocycles. The number of hydrogen-bond acceptors (Lipinski definition) is 4. The summed E-state index contributed by atoms with van der Waals surface area (Å²) < 4.78 is 11.2. The normalized spacial score (nSPS) is 23.1. The molecule has 0 amide bonds. The van der Waals surface area contributed by atoms with E-state index in [4.69, 9.17) is 14.9 Å². The van der Waals surface area contributed by atoms with Gasteiger partial charge in [-0.2, -0.15) is 0 Å². The zero-order chi connectivity index (χ0) is 12.3. The molecule has 17 heavy (non-hydrogen) atoms. The predicted molar refractivity (Wildman–Crippen MR) is 66.9 cm³/mol. The molecule has 96 valence electrons. The number of aryl methyl sites for hydroxylation is 1. The Bertz CT molecular complexity index is 351. The molecule has 2 heterocycles. The van der Waals surface area contributed by atoms with Crippen molar-refractivity contribution in [3.8, 4) is 0 Å². The van der Waals surface area contributed by atoms with Gasteiger partial charge in [-0.25, -0.2) is 0 Å². The van der Waals surface area contributed by atoms with Gasteiger partial charge in [0.2, 0.25) is 0 Å². The van der Waals surface area contributed by atoms with Gasteiger partial charge in [0.1, 0.15) is 11.5 Å². The van der Waals surface area contributed by atoms with Crippen LogP contribution in [-0.2, 0) is 11.2 Å². The Morgan fingerprint density at radius 1 is 1.59 bits per heavy atom. The van der Waals surface area contributed by atoms with E-state index in [1.165, 1.54) is 0 Å². The Morgan fingerprint density at radius 2 is 2.41 bits per heavy atom. The number of furan rings is 1. The molecule has 1 saturated heterocycles. The van der Waals surface area contributed by atoms with E-state index in [0.717, 1.165) is 37.5 Å². The highest BCUT2D eigenvalue weighted by Gasteiger charge is 2.29. The van der Waals surface area contributed by atoms with Gasteiger partial charge in [0, 0.05) is 33.2 Å². The summed E-state index contributed by atoms with van der Waals surface area (Å²) in [5, 5.41) is 0. The van der Waals surface area contributed by atoms with Crippen molar-refractivity contribution in [3.63, 3.8) is 0 Å². The Kier molecular flexibility index (Phi) is 4.20. The number of ether oxygens (including phenoxy) is 1. The molecule has 2 atom stereocenters. The van der Waals surface area contributed by atoms with Crippen molar-refractivity contribution in [3.05, 3.63) is 23.7 Å². The zero-order valence-electron chi connectivity index (χ0n) is 10.7. The molecule has 0 spiro atoms. The zero-order valence-corrected chi connectivity index (χ0v) is 10.7. The average molecular weight is 238 g/mol. The Balaban J connectivity index is 2.06. The summed E-state index contributed by atoms with van der Waals surface area (Å²) in [6, 6.07) is 4.29. The summed E-state index contributed by atoms with van der Waals surface area (Å²) in [4.78, 5) is 2.35. The maximum Gasteiger partial charge on any atom is 0.122 e. The third-order valence-corrected chi connectivity index (χ3v) is 3.53. The molecule has 0 bridgehead atoms. The van der Waals surface area contributed by atoms with Crippen LogP contribution in [-0.4, -0.2) is 37.7 Å². The molecule has 1 aliphatic rings. The van der Waals surface area contributed by atoms with E-state index >= 15 is 0 Å². The molecular weight excluding hydrogens is 216 g/mol. The molecule has 1 aromatic heterocycles. The van der Waals surface area contributed by atoms with Gasteiger partial charge in [0.15, 0.2) is 0 Å². The largest absolute Gasteiger partial charge is 0.464 e. The average Bonchev–Trinajstić information content (AvgIpc) is 2.99. The molecule has 2 N–H and O–H groups in total. The van der Waals surface area contributed by atoms with Gasteiger partial charge in [-0.15, -0.1) is 0 Å². The monoisotopic (exact) mass is 238 g/mol. The predicted octanol–water partition coefficient (Wildman–Crippen LogP) is 1.56. The minimum absolute atomic E-state index is 0.190. The van der Waals surface area contributed by atoms with Gasteiger partial charge in [0.25, 0.3) is 0 Å². The molecular formula is C13H22N2O2. The van der Waals surface area contributed by atoms with E-state index in [1.807, 2.05) is 6.07 Å². The van der Waals surface area contributed by atoms with Gasteiger partial charge >= 0.3 is 0 Å². The molecule has 2 unspecified atom stereocenters. The molecule has 1 aliphatic heterocycles. The molecule has 2 rings (SSSR count). The van der Waals surface area contributed by atoms with Crippen LogP contribution >= 0.6 is 0 Å². The lowest BCUT2D eigenvalue weighted by Crippen LogP contribution is -2.32. The number of nitrogens with two attached hydrogens (primary N) is 1. The van der Waals surface area contributed by atoms with Gasteiger partial charge in [-0.3, -0.25) is 4.90 Å². The first-order valence-electron chi connectivity index (χ1n) is 6.34. The summed E-state index contributed by atoms with van der Waals surface area (Å²) in [5.74, 6) is 2.02. The lowest BCUT2D eigenvalue weighted by molar-refractivity contribution is 0.0988. The van der Waals surface area contributed by atoms with Crippen LogP contribution in [0.1, 0.15) is 30.9 Å². The van der Waals surface area contributed by atoms with Crippen molar-refractivity contribution >= 4 is 0 Å². The van der Waals surface area contributed by atoms with Crippen molar-refractivity contribution in [1.29, 1.82) is 0 Å². The highest BCUT2D eigenvalue weighted by atomic mass is 16.5. The number of likely N-dealkylation sites (tertiary alicyclic amines) is 1. The van der Waals surface area contributed by atoms with Crippen molar-refractivity contribution < 1.29 is 9.15 Å². The van der Waals surface area contributed by atoms with E-state index in [0.29, 0.717) is 12.6 Å². The van der Waals surface area contributed by atoms with Crippen LogP contribution in [0, 0.1) is 0 Å². The second-order valence-corrected chi connectivity index (χ2v) is 4.55. The standard InChI is InChI=1S/C13H22N2O2/c1-3-10-4-5-13(17-10)12(8-14)15-7-6-11(9-15)16-2/h4-5,11-12H,3,6-9,14H2,1-2H3. The van der Waals surface area contributed by atoms with Crippen molar-refractivity contribution in [2.24, 2.45) is 5.73 Å². The third-order valence-electron chi connectivity index (χ3n) is 3.53. The first-order valence-corrected chi connectivity index (χ1v) is 6.34. The fraction of sp³-hybridized carbons (Fsp3) is 0.692. The summed E-state index contributed by atoms with van der Waals surface area (Å²) in [7, 11) is 1.77. The Morgan fingerprint density at radius 3 is 2.94 bits per heavy atom. The quantitative estimate of drug-likeness (QED) is 0.846. The Labute approximate surface area is 103 Å². The number of nitrogens with zero attached hydrogens (tertiary/aromatic N) is 1.